The van der Waals surface area contributed by atoms with E-state index in [0.29, 0.717) is 19.6 Å². The normalized spacial score (nSPS) is 20.0. The van der Waals surface area contributed by atoms with Gasteiger partial charge < -0.3 is 10.0 Å². The van der Waals surface area contributed by atoms with Crippen molar-refractivity contribution in [3.05, 3.63) is 35.9 Å². The smallest absolute Gasteiger partial charge is 0.305 e. The summed E-state index contributed by atoms with van der Waals surface area (Å²) in [4.78, 5) is 27.4. The number of nitrogens with zero attached hydrogens (tertiary/aromatic N) is 2. The third kappa shape index (κ3) is 3.82. The van der Waals surface area contributed by atoms with Gasteiger partial charge in [0.2, 0.25) is 5.91 Å². The number of hydrogen-bond donors (Lipinski definition) is 1. The van der Waals surface area contributed by atoms with Crippen LogP contribution in [0.4, 0.5) is 0 Å². The van der Waals surface area contributed by atoms with Crippen LogP contribution in [0.25, 0.3) is 0 Å². The summed E-state index contributed by atoms with van der Waals surface area (Å²) < 4.78 is 0. The Bertz CT molecular complexity index is 502. The van der Waals surface area contributed by atoms with Gasteiger partial charge in [-0.1, -0.05) is 30.3 Å². The van der Waals surface area contributed by atoms with E-state index < -0.39 is 12.0 Å². The van der Waals surface area contributed by atoms with E-state index in [2.05, 4.69) is 0 Å². The molecule has 1 aliphatic heterocycles. The number of rotatable bonds is 5. The number of carboxylic acid groups (broad SMARTS) is 1. The average Bonchev–Trinajstić information content (AvgIpc) is 2.43. The molecule has 2 rings (SSSR count). The lowest BCUT2D eigenvalue weighted by Gasteiger charge is -2.42. The molecule has 1 heterocycles. The molecule has 0 saturated carbocycles. The number of carboxylic acids is 1. The average molecular weight is 290 g/mol. The quantitative estimate of drug-likeness (QED) is 0.894. The van der Waals surface area contributed by atoms with E-state index in [-0.39, 0.29) is 18.4 Å². The summed E-state index contributed by atoms with van der Waals surface area (Å²) in [6.45, 7) is 5.89. The standard InChI is InChI=1S/C16H22N2O3/c1-12(2)18-9-8-17(11-13-6-4-3-5-7-13)16(21)14(18)10-15(19)20/h3-7,12,14H,8-11H2,1-2H3,(H,19,20). The van der Waals surface area contributed by atoms with Crippen molar-refractivity contribution in [2.75, 3.05) is 13.1 Å². The maximum Gasteiger partial charge on any atom is 0.305 e. The fourth-order valence-corrected chi connectivity index (χ4v) is 2.80. The van der Waals surface area contributed by atoms with Gasteiger partial charge in [0.25, 0.3) is 0 Å². The predicted molar refractivity (Wildman–Crippen MR) is 79.7 cm³/mol. The minimum atomic E-state index is -0.930. The number of benzene rings is 1. The highest BCUT2D eigenvalue weighted by Gasteiger charge is 2.37. The van der Waals surface area contributed by atoms with Gasteiger partial charge in [0.1, 0.15) is 6.04 Å². The number of carbonyl (C=O) groups excluding carboxylic acids is 1. The molecule has 0 aliphatic carbocycles. The Kier molecular flexibility index (Phi) is 4.96. The molecule has 1 saturated heterocycles. The summed E-state index contributed by atoms with van der Waals surface area (Å²) in [5, 5.41) is 9.06. The molecule has 0 aromatic heterocycles. The van der Waals surface area contributed by atoms with Crippen molar-refractivity contribution in [3.8, 4) is 0 Å². The van der Waals surface area contributed by atoms with E-state index >= 15 is 0 Å². The van der Waals surface area contributed by atoms with Crippen LogP contribution in [0.3, 0.4) is 0 Å². The van der Waals surface area contributed by atoms with Crippen LogP contribution in [0.5, 0.6) is 0 Å². The molecule has 5 heteroatoms. The monoisotopic (exact) mass is 290 g/mol. The largest absolute Gasteiger partial charge is 0.481 e. The first-order valence-electron chi connectivity index (χ1n) is 7.29. The van der Waals surface area contributed by atoms with Crippen LogP contribution in [-0.2, 0) is 16.1 Å². The van der Waals surface area contributed by atoms with Gasteiger partial charge in [-0.2, -0.15) is 0 Å². The molecule has 1 aromatic carbocycles. The summed E-state index contributed by atoms with van der Waals surface area (Å²) in [5.41, 5.74) is 1.07. The highest BCUT2D eigenvalue weighted by molar-refractivity contribution is 5.86. The number of piperazine rings is 1. The van der Waals surface area contributed by atoms with E-state index in [4.69, 9.17) is 5.11 Å². The summed E-state index contributed by atoms with van der Waals surface area (Å²) in [7, 11) is 0. The van der Waals surface area contributed by atoms with E-state index in [1.54, 1.807) is 4.90 Å². The first-order valence-corrected chi connectivity index (χ1v) is 7.29. The first kappa shape index (κ1) is 15.5. The van der Waals surface area contributed by atoms with Crippen LogP contribution in [0.1, 0.15) is 25.8 Å². The van der Waals surface area contributed by atoms with Gasteiger partial charge in [0, 0.05) is 25.7 Å². The molecule has 1 unspecified atom stereocenters. The van der Waals surface area contributed by atoms with Crippen LogP contribution in [0.2, 0.25) is 0 Å². The van der Waals surface area contributed by atoms with Crippen LogP contribution in [0.15, 0.2) is 30.3 Å². The van der Waals surface area contributed by atoms with Gasteiger partial charge in [-0.15, -0.1) is 0 Å². The molecule has 1 atom stereocenters. The highest BCUT2D eigenvalue weighted by atomic mass is 16.4. The van der Waals surface area contributed by atoms with Crippen molar-refractivity contribution in [3.63, 3.8) is 0 Å². The molecule has 1 N–H and O–H groups in total. The molecule has 21 heavy (non-hydrogen) atoms. The Hall–Kier alpha value is -1.88. The Morgan fingerprint density at radius 2 is 1.95 bits per heavy atom. The third-order valence-electron chi connectivity index (χ3n) is 3.87. The number of carbonyl (C=O) groups is 2. The van der Waals surface area contributed by atoms with Crippen LogP contribution < -0.4 is 0 Å². The zero-order valence-electron chi connectivity index (χ0n) is 12.5. The Balaban J connectivity index is 2.12. The summed E-state index contributed by atoms with van der Waals surface area (Å²) in [6.07, 6.45) is -0.137. The van der Waals surface area contributed by atoms with Gasteiger partial charge in [-0.05, 0) is 19.4 Å². The topological polar surface area (TPSA) is 60.9 Å². The molecular weight excluding hydrogens is 268 g/mol. The molecule has 0 radical (unpaired) electrons. The summed E-state index contributed by atoms with van der Waals surface area (Å²) in [5.74, 6) is -1.01. The maximum atomic E-state index is 12.6. The Morgan fingerprint density at radius 3 is 2.52 bits per heavy atom. The lowest BCUT2D eigenvalue weighted by atomic mass is 10.0. The second-order valence-electron chi connectivity index (χ2n) is 5.69. The number of amides is 1. The van der Waals surface area contributed by atoms with Gasteiger partial charge in [0.15, 0.2) is 0 Å². The lowest BCUT2D eigenvalue weighted by molar-refractivity contribution is -0.150. The zero-order valence-corrected chi connectivity index (χ0v) is 12.5. The molecule has 5 nitrogen and oxygen atoms in total. The van der Waals surface area contributed by atoms with Gasteiger partial charge in [-0.3, -0.25) is 14.5 Å². The van der Waals surface area contributed by atoms with E-state index in [1.165, 1.54) is 0 Å². The minimum Gasteiger partial charge on any atom is -0.481 e. The van der Waals surface area contributed by atoms with Crippen LogP contribution in [-0.4, -0.2) is 52.0 Å². The van der Waals surface area contributed by atoms with Gasteiger partial charge in [0.05, 0.1) is 6.42 Å². The Labute approximate surface area is 125 Å². The van der Waals surface area contributed by atoms with Crippen molar-refractivity contribution < 1.29 is 14.7 Å². The van der Waals surface area contributed by atoms with Crippen LogP contribution >= 0.6 is 0 Å². The minimum absolute atomic E-state index is 0.0822. The fourth-order valence-electron chi connectivity index (χ4n) is 2.80. The molecule has 1 aromatic rings. The van der Waals surface area contributed by atoms with Crippen molar-refractivity contribution in [2.45, 2.75) is 38.9 Å². The molecule has 114 valence electrons. The van der Waals surface area contributed by atoms with E-state index in [1.807, 2.05) is 49.1 Å². The first-order chi connectivity index (χ1) is 9.99. The summed E-state index contributed by atoms with van der Waals surface area (Å²) >= 11 is 0. The van der Waals surface area contributed by atoms with Crippen molar-refractivity contribution >= 4 is 11.9 Å². The van der Waals surface area contributed by atoms with Crippen molar-refractivity contribution in [2.24, 2.45) is 0 Å². The second-order valence-corrected chi connectivity index (χ2v) is 5.69. The van der Waals surface area contributed by atoms with Crippen molar-refractivity contribution in [1.82, 2.24) is 9.80 Å². The van der Waals surface area contributed by atoms with Gasteiger partial charge in [-0.25, -0.2) is 0 Å². The summed E-state index contributed by atoms with van der Waals surface area (Å²) in [6, 6.07) is 9.40. The molecule has 0 spiro atoms. The Morgan fingerprint density at radius 1 is 1.29 bits per heavy atom. The zero-order chi connectivity index (χ0) is 15.4. The maximum absolute atomic E-state index is 12.6. The van der Waals surface area contributed by atoms with Crippen molar-refractivity contribution in [1.29, 1.82) is 0 Å². The SMILES string of the molecule is CC(C)N1CCN(Cc2ccccc2)C(=O)C1CC(=O)O. The molecule has 1 fully saturated rings. The third-order valence-corrected chi connectivity index (χ3v) is 3.87. The number of aliphatic carboxylic acids is 1. The fraction of sp³-hybridized carbons (Fsp3) is 0.500. The molecule has 1 amide bonds. The molecular formula is C16H22N2O3. The molecule has 1 aliphatic rings. The van der Waals surface area contributed by atoms with Gasteiger partial charge >= 0.3 is 5.97 Å². The molecule has 0 bridgehead atoms. The highest BCUT2D eigenvalue weighted by Crippen LogP contribution is 2.19. The van der Waals surface area contributed by atoms with E-state index in [0.717, 1.165) is 5.56 Å². The number of hydrogen-bond acceptors (Lipinski definition) is 3. The predicted octanol–water partition coefficient (Wildman–Crippen LogP) is 1.58. The lowest BCUT2D eigenvalue weighted by Crippen LogP contribution is -2.59. The van der Waals surface area contributed by atoms with Crippen LogP contribution in [0, 0.1) is 0 Å². The second kappa shape index (κ2) is 6.72. The van der Waals surface area contributed by atoms with E-state index in [9.17, 15) is 9.59 Å².